The Bertz CT molecular complexity index is 1300. The number of amides is 1. The van der Waals surface area contributed by atoms with Gasteiger partial charge in [-0.05, 0) is 56.0 Å². The average Bonchev–Trinajstić information content (AvgIpc) is 3.17. The highest BCUT2D eigenvalue weighted by Crippen LogP contribution is 2.31. The fourth-order valence-corrected chi connectivity index (χ4v) is 5.04. The Hall–Kier alpha value is -3.88. The van der Waals surface area contributed by atoms with Gasteiger partial charge in [0.2, 0.25) is 11.9 Å². The molecule has 9 nitrogen and oxygen atoms in total. The molecule has 1 aliphatic carbocycles. The van der Waals surface area contributed by atoms with Crippen LogP contribution in [0.5, 0.6) is 11.5 Å². The second-order valence-electron chi connectivity index (χ2n) is 10.2. The normalized spacial score (nSPS) is 18.9. The van der Waals surface area contributed by atoms with Crippen LogP contribution in [0.1, 0.15) is 55.3 Å². The summed E-state index contributed by atoms with van der Waals surface area (Å²) < 4.78 is 11.3. The van der Waals surface area contributed by atoms with Crippen LogP contribution in [-0.4, -0.2) is 61.1 Å². The first-order valence-corrected chi connectivity index (χ1v) is 13.4. The minimum absolute atomic E-state index is 0.0730. The monoisotopic (exact) mass is 517 g/mol. The van der Waals surface area contributed by atoms with E-state index in [1.807, 2.05) is 43.3 Å². The highest BCUT2D eigenvalue weighted by Gasteiger charge is 2.24. The SMILES string of the molecule is CN(C)c1nc(N[C@H]2CC[C@@H](NC(=O)CCC(=O)c3ccc4c(c3)OCCCO4)CC2)nc2ccccc12. The minimum atomic E-state index is -0.0856. The number of ether oxygens (including phenoxy) is 2. The van der Waals surface area contributed by atoms with E-state index in [0.717, 1.165) is 48.8 Å². The molecule has 0 radical (unpaired) electrons. The Labute approximate surface area is 222 Å². The molecule has 2 aliphatic rings. The van der Waals surface area contributed by atoms with E-state index < -0.39 is 0 Å². The van der Waals surface area contributed by atoms with Crippen molar-refractivity contribution in [3.8, 4) is 11.5 Å². The van der Waals surface area contributed by atoms with Gasteiger partial charge in [0.05, 0.1) is 18.7 Å². The summed E-state index contributed by atoms with van der Waals surface area (Å²) in [7, 11) is 3.97. The molecule has 9 heteroatoms. The molecular weight excluding hydrogens is 482 g/mol. The molecule has 2 aromatic carbocycles. The van der Waals surface area contributed by atoms with Crippen molar-refractivity contribution in [1.82, 2.24) is 15.3 Å². The molecule has 5 rings (SSSR count). The minimum Gasteiger partial charge on any atom is -0.490 e. The molecule has 0 bridgehead atoms. The van der Waals surface area contributed by atoms with Crippen molar-refractivity contribution in [3.05, 3.63) is 48.0 Å². The number of benzene rings is 2. The topological polar surface area (TPSA) is 106 Å². The molecule has 1 saturated carbocycles. The number of nitrogens with zero attached hydrogens (tertiary/aromatic N) is 3. The van der Waals surface area contributed by atoms with Crippen molar-refractivity contribution in [2.75, 3.05) is 37.5 Å². The van der Waals surface area contributed by atoms with Gasteiger partial charge in [0.15, 0.2) is 17.3 Å². The summed E-state index contributed by atoms with van der Waals surface area (Å²) in [6, 6.07) is 13.6. The van der Waals surface area contributed by atoms with Crippen molar-refractivity contribution < 1.29 is 19.1 Å². The van der Waals surface area contributed by atoms with Gasteiger partial charge in [0, 0.05) is 56.4 Å². The number of ketones is 1. The molecule has 2 heterocycles. The predicted octanol–water partition coefficient (Wildman–Crippen LogP) is 4.36. The van der Waals surface area contributed by atoms with Crippen LogP contribution in [0.4, 0.5) is 11.8 Å². The summed E-state index contributed by atoms with van der Waals surface area (Å²) in [5.41, 5.74) is 1.46. The number of para-hydroxylation sites is 1. The van der Waals surface area contributed by atoms with Crippen molar-refractivity contribution in [2.24, 2.45) is 0 Å². The summed E-state index contributed by atoms with van der Waals surface area (Å²) in [6.45, 7) is 1.17. The van der Waals surface area contributed by atoms with Crippen LogP contribution < -0.4 is 25.0 Å². The van der Waals surface area contributed by atoms with Crippen LogP contribution in [0.15, 0.2) is 42.5 Å². The molecule has 38 heavy (non-hydrogen) atoms. The van der Waals surface area contributed by atoms with Crippen LogP contribution in [0.3, 0.4) is 0 Å². The predicted molar refractivity (Wildman–Crippen MR) is 147 cm³/mol. The zero-order chi connectivity index (χ0) is 26.5. The van der Waals surface area contributed by atoms with E-state index in [4.69, 9.17) is 19.4 Å². The Morgan fingerprint density at radius 1 is 0.921 bits per heavy atom. The van der Waals surface area contributed by atoms with Crippen molar-refractivity contribution >= 4 is 34.4 Å². The van der Waals surface area contributed by atoms with Gasteiger partial charge >= 0.3 is 0 Å². The number of carbonyl (C=O) groups excluding carboxylic acids is 2. The standard InChI is InChI=1S/C29H35N5O4/c1-34(2)28-22-6-3-4-7-23(22)32-29(33-28)31-21-11-9-20(10-12-21)30-27(36)15-13-24(35)19-8-14-25-26(18-19)38-17-5-16-37-25/h3-4,6-8,14,18,20-21H,5,9-13,15-17H2,1-2H3,(H,30,36)(H,31,32,33)/t20-,21+. The fraction of sp³-hybridized carbons (Fsp3) is 0.448. The molecule has 1 aromatic heterocycles. The molecule has 1 fully saturated rings. The molecule has 0 saturated heterocycles. The smallest absolute Gasteiger partial charge is 0.225 e. The molecule has 200 valence electrons. The molecule has 0 spiro atoms. The lowest BCUT2D eigenvalue weighted by Gasteiger charge is -2.30. The third-order valence-corrected chi connectivity index (χ3v) is 7.08. The number of fused-ring (bicyclic) bond motifs is 2. The quantitative estimate of drug-likeness (QED) is 0.425. The van der Waals surface area contributed by atoms with E-state index in [9.17, 15) is 9.59 Å². The molecule has 1 amide bonds. The number of hydrogen-bond acceptors (Lipinski definition) is 8. The van der Waals surface area contributed by atoms with Gasteiger partial charge in [-0.3, -0.25) is 9.59 Å². The average molecular weight is 518 g/mol. The Balaban J connectivity index is 1.09. The Kier molecular flexibility index (Phi) is 7.91. The summed E-state index contributed by atoms with van der Waals surface area (Å²) in [6.07, 6.45) is 4.70. The van der Waals surface area contributed by atoms with Crippen LogP contribution in [0.25, 0.3) is 10.9 Å². The second-order valence-corrected chi connectivity index (χ2v) is 10.2. The summed E-state index contributed by atoms with van der Waals surface area (Å²) >= 11 is 0. The highest BCUT2D eigenvalue weighted by molar-refractivity contribution is 5.98. The Morgan fingerprint density at radius 3 is 2.45 bits per heavy atom. The van der Waals surface area contributed by atoms with Gasteiger partial charge in [0.1, 0.15) is 5.82 Å². The number of rotatable bonds is 8. The number of aromatic nitrogens is 2. The van der Waals surface area contributed by atoms with E-state index in [2.05, 4.69) is 10.6 Å². The number of carbonyl (C=O) groups is 2. The largest absolute Gasteiger partial charge is 0.490 e. The maximum Gasteiger partial charge on any atom is 0.225 e. The summed E-state index contributed by atoms with van der Waals surface area (Å²) in [5.74, 6) is 2.62. The van der Waals surface area contributed by atoms with Gasteiger partial charge in [-0.15, -0.1) is 0 Å². The molecular formula is C29H35N5O4. The summed E-state index contributed by atoms with van der Waals surface area (Å²) in [4.78, 5) is 36.7. The van der Waals surface area contributed by atoms with Crippen molar-refractivity contribution in [3.63, 3.8) is 0 Å². The van der Waals surface area contributed by atoms with Crippen molar-refractivity contribution in [1.29, 1.82) is 0 Å². The lowest BCUT2D eigenvalue weighted by atomic mass is 9.91. The number of anilines is 2. The van der Waals surface area contributed by atoms with Gasteiger partial charge in [-0.25, -0.2) is 4.98 Å². The van der Waals surface area contributed by atoms with Gasteiger partial charge in [-0.1, -0.05) is 12.1 Å². The van der Waals surface area contributed by atoms with E-state index in [1.165, 1.54) is 0 Å². The first kappa shape index (κ1) is 25.8. The van der Waals surface area contributed by atoms with Crippen molar-refractivity contribution in [2.45, 2.75) is 57.0 Å². The third kappa shape index (κ3) is 6.15. The maximum absolute atomic E-state index is 12.7. The van der Waals surface area contributed by atoms with E-state index in [-0.39, 0.29) is 36.6 Å². The van der Waals surface area contributed by atoms with E-state index in [0.29, 0.717) is 36.2 Å². The number of nitrogens with one attached hydrogen (secondary N) is 2. The first-order valence-electron chi connectivity index (χ1n) is 13.4. The van der Waals surface area contributed by atoms with E-state index >= 15 is 0 Å². The lowest BCUT2D eigenvalue weighted by Crippen LogP contribution is -2.40. The molecule has 0 atom stereocenters. The lowest BCUT2D eigenvalue weighted by molar-refractivity contribution is -0.122. The number of hydrogen-bond donors (Lipinski definition) is 2. The van der Waals surface area contributed by atoms with Gasteiger partial charge in [0.25, 0.3) is 0 Å². The molecule has 0 unspecified atom stereocenters. The zero-order valence-electron chi connectivity index (χ0n) is 22.0. The van der Waals surface area contributed by atoms with E-state index in [1.54, 1.807) is 18.2 Å². The maximum atomic E-state index is 12.7. The second kappa shape index (κ2) is 11.7. The van der Waals surface area contributed by atoms with Gasteiger partial charge < -0.3 is 25.0 Å². The molecule has 1 aliphatic heterocycles. The van der Waals surface area contributed by atoms with Crippen LogP contribution >= 0.6 is 0 Å². The molecule has 3 aromatic rings. The zero-order valence-corrected chi connectivity index (χ0v) is 22.0. The fourth-order valence-electron chi connectivity index (χ4n) is 5.04. The summed E-state index contributed by atoms with van der Waals surface area (Å²) in [5, 5.41) is 7.64. The van der Waals surface area contributed by atoms with Crippen LogP contribution in [0.2, 0.25) is 0 Å². The first-order chi connectivity index (χ1) is 18.5. The van der Waals surface area contributed by atoms with Gasteiger partial charge in [-0.2, -0.15) is 4.98 Å². The Morgan fingerprint density at radius 2 is 1.66 bits per heavy atom. The van der Waals surface area contributed by atoms with Crippen LogP contribution in [-0.2, 0) is 4.79 Å². The number of Topliss-reactive ketones (excluding diaryl/α,β-unsaturated/α-hetero) is 1. The van der Waals surface area contributed by atoms with Crippen LogP contribution in [0, 0.1) is 0 Å². The third-order valence-electron chi connectivity index (χ3n) is 7.08. The molecule has 2 N–H and O–H groups in total. The highest BCUT2D eigenvalue weighted by atomic mass is 16.5.